The van der Waals surface area contributed by atoms with Crippen LogP contribution in [0.2, 0.25) is 5.02 Å². The minimum atomic E-state index is -0.872. The molecule has 2 atom stereocenters. The van der Waals surface area contributed by atoms with E-state index in [2.05, 4.69) is 5.32 Å². The van der Waals surface area contributed by atoms with Crippen molar-refractivity contribution in [3.63, 3.8) is 0 Å². The lowest BCUT2D eigenvalue weighted by molar-refractivity contribution is -0.154. The summed E-state index contributed by atoms with van der Waals surface area (Å²) in [6, 6.07) is 6.26. The molecule has 7 heteroatoms. The van der Waals surface area contributed by atoms with E-state index < -0.39 is 12.0 Å². The van der Waals surface area contributed by atoms with Crippen LogP contribution >= 0.6 is 11.6 Å². The number of esters is 1. The molecular weight excluding hydrogens is 356 g/mol. The van der Waals surface area contributed by atoms with Crippen LogP contribution in [0.5, 0.6) is 0 Å². The lowest BCUT2D eigenvalue weighted by Crippen LogP contribution is -2.57. The smallest absolute Gasteiger partial charge is 0.308 e. The molecule has 2 rings (SSSR count). The van der Waals surface area contributed by atoms with E-state index in [0.717, 1.165) is 0 Å². The molecule has 1 aromatic carbocycles. The molecule has 0 saturated carbocycles. The molecule has 1 aromatic rings. The van der Waals surface area contributed by atoms with Gasteiger partial charge in [0, 0.05) is 24.2 Å². The van der Waals surface area contributed by atoms with Gasteiger partial charge in [0.1, 0.15) is 6.04 Å². The van der Waals surface area contributed by atoms with Crippen molar-refractivity contribution >= 4 is 35.5 Å². The number of halogens is 1. The van der Waals surface area contributed by atoms with Gasteiger partial charge in [-0.05, 0) is 31.1 Å². The molecule has 1 fully saturated rings. The van der Waals surface area contributed by atoms with Crippen LogP contribution in [0.15, 0.2) is 30.3 Å². The van der Waals surface area contributed by atoms with E-state index in [9.17, 15) is 14.4 Å². The molecule has 2 unspecified atom stereocenters. The quantitative estimate of drug-likeness (QED) is 0.609. The van der Waals surface area contributed by atoms with Gasteiger partial charge in [0.05, 0.1) is 12.5 Å². The second-order valence-electron chi connectivity index (χ2n) is 6.11. The number of ether oxygens (including phenoxy) is 1. The number of nitrogens with one attached hydrogen (secondary N) is 1. The number of benzene rings is 1. The second kappa shape index (κ2) is 9.38. The first-order valence-electron chi connectivity index (χ1n) is 8.62. The molecule has 0 radical (unpaired) electrons. The van der Waals surface area contributed by atoms with Crippen LogP contribution in [-0.2, 0) is 19.1 Å². The first-order valence-corrected chi connectivity index (χ1v) is 9.00. The largest absolute Gasteiger partial charge is 0.463 e. The number of piperazine rings is 1. The number of carbonyl (C=O) groups excluding carboxylic acids is 3. The van der Waals surface area contributed by atoms with Crippen molar-refractivity contribution in [3.8, 4) is 0 Å². The van der Waals surface area contributed by atoms with Gasteiger partial charge in [-0.15, -0.1) is 0 Å². The summed E-state index contributed by atoms with van der Waals surface area (Å²) in [5.41, 5.74) is 0.705. The Morgan fingerprint density at radius 2 is 2.15 bits per heavy atom. The SMILES string of the molecule is CCC(C)OC(=O)CC1C(=O)NCCN1C(=O)C=Cc1ccccc1Cl. The number of rotatable bonds is 6. The molecule has 0 bridgehead atoms. The predicted molar refractivity (Wildman–Crippen MR) is 99.5 cm³/mol. The van der Waals surface area contributed by atoms with Gasteiger partial charge in [-0.1, -0.05) is 36.7 Å². The molecule has 1 N–H and O–H groups in total. The maximum atomic E-state index is 12.6. The minimum absolute atomic E-state index is 0.165. The Bertz CT molecular complexity index is 705. The monoisotopic (exact) mass is 378 g/mol. The van der Waals surface area contributed by atoms with Crippen LogP contribution < -0.4 is 5.32 Å². The fourth-order valence-electron chi connectivity index (χ4n) is 2.56. The van der Waals surface area contributed by atoms with Gasteiger partial charge in [0.15, 0.2) is 0 Å². The average Bonchev–Trinajstić information content (AvgIpc) is 2.62. The second-order valence-corrected chi connectivity index (χ2v) is 6.51. The molecule has 2 amide bonds. The van der Waals surface area contributed by atoms with Crippen molar-refractivity contribution in [2.75, 3.05) is 13.1 Å². The molecule has 0 spiro atoms. The Kier molecular flexibility index (Phi) is 7.21. The highest BCUT2D eigenvalue weighted by Crippen LogP contribution is 2.17. The normalized spacial score (nSPS) is 18.5. The standard InChI is InChI=1S/C19H23ClN2O4/c1-3-13(2)26-18(24)12-16-19(25)21-10-11-22(16)17(23)9-8-14-6-4-5-7-15(14)20/h4-9,13,16H,3,10-12H2,1-2H3,(H,21,25). The number of hydrogen-bond acceptors (Lipinski definition) is 4. The molecule has 1 aliphatic heterocycles. The molecule has 1 saturated heterocycles. The number of carbonyl (C=O) groups is 3. The first-order chi connectivity index (χ1) is 12.4. The molecule has 26 heavy (non-hydrogen) atoms. The Morgan fingerprint density at radius 1 is 1.42 bits per heavy atom. The van der Waals surface area contributed by atoms with Crippen molar-refractivity contribution in [1.29, 1.82) is 0 Å². The highest BCUT2D eigenvalue weighted by molar-refractivity contribution is 6.32. The van der Waals surface area contributed by atoms with Crippen molar-refractivity contribution in [1.82, 2.24) is 10.2 Å². The summed E-state index contributed by atoms with van der Waals surface area (Å²) in [5, 5.41) is 3.22. The lowest BCUT2D eigenvalue weighted by Gasteiger charge is -2.34. The van der Waals surface area contributed by atoms with Crippen LogP contribution in [0.25, 0.3) is 6.08 Å². The van der Waals surface area contributed by atoms with Crippen molar-refractivity contribution in [2.45, 2.75) is 38.8 Å². The summed E-state index contributed by atoms with van der Waals surface area (Å²) in [6.07, 6.45) is 3.27. The Hall–Kier alpha value is -2.34. The molecular formula is C19H23ClN2O4. The first kappa shape index (κ1) is 20.0. The summed E-state index contributed by atoms with van der Waals surface area (Å²) in [5.74, 6) is -1.19. The van der Waals surface area contributed by atoms with Crippen molar-refractivity contribution < 1.29 is 19.1 Å². The van der Waals surface area contributed by atoms with E-state index >= 15 is 0 Å². The van der Waals surface area contributed by atoms with Gasteiger partial charge < -0.3 is 15.0 Å². The average molecular weight is 379 g/mol. The topological polar surface area (TPSA) is 75.7 Å². The highest BCUT2D eigenvalue weighted by atomic mass is 35.5. The summed E-state index contributed by atoms with van der Waals surface area (Å²) in [7, 11) is 0. The van der Waals surface area contributed by atoms with Gasteiger partial charge in [-0.25, -0.2) is 0 Å². The molecule has 1 heterocycles. The fraction of sp³-hybridized carbons (Fsp3) is 0.421. The highest BCUT2D eigenvalue weighted by Gasteiger charge is 2.34. The molecule has 140 valence electrons. The van der Waals surface area contributed by atoms with Crippen LogP contribution in [0.1, 0.15) is 32.3 Å². The summed E-state index contributed by atoms with van der Waals surface area (Å²) in [6.45, 7) is 4.37. The fourth-order valence-corrected chi connectivity index (χ4v) is 2.76. The summed E-state index contributed by atoms with van der Waals surface area (Å²) in [4.78, 5) is 38.2. The van der Waals surface area contributed by atoms with E-state index in [4.69, 9.17) is 16.3 Å². The maximum Gasteiger partial charge on any atom is 0.308 e. The molecule has 1 aliphatic rings. The zero-order valence-corrected chi connectivity index (χ0v) is 15.7. The van der Waals surface area contributed by atoms with Gasteiger partial charge in [-0.3, -0.25) is 14.4 Å². The molecule has 0 aliphatic carbocycles. The predicted octanol–water partition coefficient (Wildman–Crippen LogP) is 2.41. The van der Waals surface area contributed by atoms with Crippen LogP contribution in [0.4, 0.5) is 0 Å². The van der Waals surface area contributed by atoms with E-state index in [1.807, 2.05) is 13.0 Å². The van der Waals surface area contributed by atoms with Crippen LogP contribution in [0.3, 0.4) is 0 Å². The van der Waals surface area contributed by atoms with Gasteiger partial charge in [-0.2, -0.15) is 0 Å². The number of hydrogen-bond donors (Lipinski definition) is 1. The maximum absolute atomic E-state index is 12.6. The van der Waals surface area contributed by atoms with E-state index in [1.54, 1.807) is 31.2 Å². The van der Waals surface area contributed by atoms with Gasteiger partial charge in [0.25, 0.3) is 0 Å². The van der Waals surface area contributed by atoms with Crippen LogP contribution in [-0.4, -0.2) is 47.9 Å². The minimum Gasteiger partial charge on any atom is -0.463 e. The third-order valence-electron chi connectivity index (χ3n) is 4.19. The van der Waals surface area contributed by atoms with E-state index in [-0.39, 0.29) is 24.3 Å². The zero-order chi connectivity index (χ0) is 19.1. The van der Waals surface area contributed by atoms with E-state index in [0.29, 0.717) is 30.1 Å². The number of amides is 2. The van der Waals surface area contributed by atoms with Crippen molar-refractivity contribution in [3.05, 3.63) is 40.9 Å². The third kappa shape index (κ3) is 5.33. The lowest BCUT2D eigenvalue weighted by atomic mass is 10.1. The van der Waals surface area contributed by atoms with Gasteiger partial charge in [0.2, 0.25) is 11.8 Å². The molecule has 0 aromatic heterocycles. The van der Waals surface area contributed by atoms with Crippen molar-refractivity contribution in [2.24, 2.45) is 0 Å². The third-order valence-corrected chi connectivity index (χ3v) is 4.54. The Labute approximate surface area is 158 Å². The summed E-state index contributed by atoms with van der Waals surface area (Å²) < 4.78 is 5.23. The van der Waals surface area contributed by atoms with Crippen LogP contribution in [0, 0.1) is 0 Å². The zero-order valence-electron chi connectivity index (χ0n) is 14.9. The van der Waals surface area contributed by atoms with E-state index in [1.165, 1.54) is 11.0 Å². The Morgan fingerprint density at radius 3 is 2.85 bits per heavy atom. The Balaban J connectivity index is 2.08. The van der Waals surface area contributed by atoms with Gasteiger partial charge >= 0.3 is 5.97 Å². The molecule has 6 nitrogen and oxygen atoms in total. The number of nitrogens with zero attached hydrogens (tertiary/aromatic N) is 1. The summed E-state index contributed by atoms with van der Waals surface area (Å²) >= 11 is 6.07.